The molecule has 0 radical (unpaired) electrons. The highest BCUT2D eigenvalue weighted by molar-refractivity contribution is 5.81. The van der Waals surface area contributed by atoms with Gasteiger partial charge in [0.15, 0.2) is 17.6 Å². The Kier molecular flexibility index (Phi) is 8.18. The smallest absolute Gasteiger partial charge is 0.261 e. The van der Waals surface area contributed by atoms with E-state index in [1.54, 1.807) is 14.2 Å². The molecule has 152 valence electrons. The summed E-state index contributed by atoms with van der Waals surface area (Å²) in [4.78, 5) is 12.5. The number of benzene rings is 2. The Hall–Kier alpha value is -2.69. The molecule has 0 aliphatic heterocycles. The Balaban J connectivity index is 1.84. The van der Waals surface area contributed by atoms with Crippen molar-refractivity contribution in [2.24, 2.45) is 0 Å². The van der Waals surface area contributed by atoms with Crippen LogP contribution < -0.4 is 19.5 Å². The Labute approximate surface area is 168 Å². The molecule has 0 saturated carbocycles. The van der Waals surface area contributed by atoms with Crippen LogP contribution in [0.2, 0.25) is 0 Å². The highest BCUT2D eigenvalue weighted by Crippen LogP contribution is 2.28. The monoisotopic (exact) mass is 385 g/mol. The normalized spacial score (nSPS) is 11.6. The van der Waals surface area contributed by atoms with Crippen molar-refractivity contribution in [3.05, 3.63) is 53.1 Å². The molecule has 0 bridgehead atoms. The SMILES string of the molecule is CCC(Oc1cc(C)ccc1C)C(=O)NCCCc1ccc(OC)c(OC)c1. The zero-order valence-electron chi connectivity index (χ0n) is 17.5. The largest absolute Gasteiger partial charge is 0.493 e. The van der Waals surface area contributed by atoms with E-state index in [0.717, 1.165) is 41.0 Å². The minimum Gasteiger partial charge on any atom is -0.493 e. The number of nitrogens with one attached hydrogen (secondary N) is 1. The summed E-state index contributed by atoms with van der Waals surface area (Å²) in [6.07, 6.45) is 1.81. The van der Waals surface area contributed by atoms with E-state index >= 15 is 0 Å². The molecular weight excluding hydrogens is 354 g/mol. The molecular formula is C23H31NO4. The van der Waals surface area contributed by atoms with Crippen molar-refractivity contribution in [3.63, 3.8) is 0 Å². The third kappa shape index (κ3) is 5.91. The van der Waals surface area contributed by atoms with Gasteiger partial charge in [-0.15, -0.1) is 0 Å². The number of methoxy groups -OCH3 is 2. The van der Waals surface area contributed by atoms with Crippen molar-refractivity contribution < 1.29 is 19.0 Å². The van der Waals surface area contributed by atoms with Gasteiger partial charge in [-0.25, -0.2) is 0 Å². The lowest BCUT2D eigenvalue weighted by Gasteiger charge is -2.19. The number of carbonyl (C=O) groups is 1. The van der Waals surface area contributed by atoms with Crippen molar-refractivity contribution in [1.82, 2.24) is 5.32 Å². The maximum Gasteiger partial charge on any atom is 0.261 e. The van der Waals surface area contributed by atoms with Gasteiger partial charge >= 0.3 is 0 Å². The number of ether oxygens (including phenoxy) is 3. The summed E-state index contributed by atoms with van der Waals surface area (Å²) in [5.41, 5.74) is 3.29. The van der Waals surface area contributed by atoms with Crippen LogP contribution in [0.25, 0.3) is 0 Å². The first-order valence-corrected chi connectivity index (χ1v) is 9.71. The fourth-order valence-electron chi connectivity index (χ4n) is 2.96. The molecule has 2 rings (SSSR count). The molecule has 5 nitrogen and oxygen atoms in total. The molecule has 0 aromatic heterocycles. The lowest BCUT2D eigenvalue weighted by molar-refractivity contribution is -0.128. The van der Waals surface area contributed by atoms with Gasteiger partial charge in [-0.05, 0) is 68.0 Å². The Morgan fingerprint density at radius 2 is 1.75 bits per heavy atom. The highest BCUT2D eigenvalue weighted by atomic mass is 16.5. The van der Waals surface area contributed by atoms with E-state index in [0.29, 0.717) is 18.7 Å². The molecule has 28 heavy (non-hydrogen) atoms. The van der Waals surface area contributed by atoms with E-state index < -0.39 is 6.10 Å². The third-order valence-electron chi connectivity index (χ3n) is 4.67. The number of carbonyl (C=O) groups excluding carboxylic acids is 1. The fraction of sp³-hybridized carbons (Fsp3) is 0.435. The van der Waals surface area contributed by atoms with Crippen molar-refractivity contribution in [3.8, 4) is 17.2 Å². The van der Waals surface area contributed by atoms with Gasteiger partial charge in [-0.2, -0.15) is 0 Å². The van der Waals surface area contributed by atoms with Gasteiger partial charge < -0.3 is 19.5 Å². The Morgan fingerprint density at radius 3 is 2.43 bits per heavy atom. The van der Waals surface area contributed by atoms with Gasteiger partial charge in [0.1, 0.15) is 5.75 Å². The predicted molar refractivity (Wildman–Crippen MR) is 111 cm³/mol. The molecule has 1 amide bonds. The van der Waals surface area contributed by atoms with Gasteiger partial charge in [0.2, 0.25) is 0 Å². The highest BCUT2D eigenvalue weighted by Gasteiger charge is 2.18. The first kappa shape index (κ1) is 21.6. The number of hydrogen-bond donors (Lipinski definition) is 1. The van der Waals surface area contributed by atoms with E-state index in [9.17, 15) is 4.79 Å². The Bertz CT molecular complexity index is 788. The minimum atomic E-state index is -0.485. The van der Waals surface area contributed by atoms with E-state index in [-0.39, 0.29) is 5.91 Å². The van der Waals surface area contributed by atoms with Crippen LogP contribution in [0.1, 0.15) is 36.5 Å². The first-order valence-electron chi connectivity index (χ1n) is 9.71. The van der Waals surface area contributed by atoms with Crippen molar-refractivity contribution in [2.75, 3.05) is 20.8 Å². The molecule has 0 spiro atoms. The topological polar surface area (TPSA) is 56.8 Å². The summed E-state index contributed by atoms with van der Waals surface area (Å²) < 4.78 is 16.6. The first-order chi connectivity index (χ1) is 13.5. The van der Waals surface area contributed by atoms with Gasteiger partial charge in [-0.3, -0.25) is 4.79 Å². The van der Waals surface area contributed by atoms with Crippen molar-refractivity contribution >= 4 is 5.91 Å². The van der Waals surface area contributed by atoms with Crippen LogP contribution >= 0.6 is 0 Å². The second-order valence-electron chi connectivity index (χ2n) is 6.87. The van der Waals surface area contributed by atoms with Crippen molar-refractivity contribution in [2.45, 2.75) is 46.1 Å². The van der Waals surface area contributed by atoms with E-state index in [1.165, 1.54) is 0 Å². The summed E-state index contributed by atoms with van der Waals surface area (Å²) in [5.74, 6) is 2.13. The van der Waals surface area contributed by atoms with E-state index in [2.05, 4.69) is 5.32 Å². The minimum absolute atomic E-state index is 0.0734. The van der Waals surface area contributed by atoms with Crippen LogP contribution in [-0.4, -0.2) is 32.8 Å². The molecule has 0 aliphatic rings. The van der Waals surface area contributed by atoms with Crippen LogP contribution in [0, 0.1) is 13.8 Å². The van der Waals surface area contributed by atoms with Crippen molar-refractivity contribution in [1.29, 1.82) is 0 Å². The van der Waals surface area contributed by atoms with E-state index in [1.807, 2.05) is 57.2 Å². The lowest BCUT2D eigenvalue weighted by Crippen LogP contribution is -2.38. The number of hydrogen-bond acceptors (Lipinski definition) is 4. The second-order valence-corrected chi connectivity index (χ2v) is 6.87. The second kappa shape index (κ2) is 10.6. The maximum absolute atomic E-state index is 12.5. The van der Waals surface area contributed by atoms with Crippen LogP contribution in [0.3, 0.4) is 0 Å². The molecule has 0 fully saturated rings. The average molecular weight is 386 g/mol. The summed E-state index contributed by atoms with van der Waals surface area (Å²) in [6, 6.07) is 11.9. The van der Waals surface area contributed by atoms with Gasteiger partial charge in [-0.1, -0.05) is 25.1 Å². The Morgan fingerprint density at radius 1 is 1.00 bits per heavy atom. The van der Waals surface area contributed by atoms with E-state index in [4.69, 9.17) is 14.2 Å². The summed E-state index contributed by atoms with van der Waals surface area (Å²) >= 11 is 0. The van der Waals surface area contributed by atoms with Gasteiger partial charge in [0, 0.05) is 6.54 Å². The molecule has 2 aromatic carbocycles. The molecule has 0 heterocycles. The number of rotatable bonds is 10. The molecule has 2 aromatic rings. The summed E-state index contributed by atoms with van der Waals surface area (Å²) in [5, 5.41) is 2.99. The molecule has 1 atom stereocenters. The maximum atomic E-state index is 12.5. The molecule has 0 saturated heterocycles. The molecule has 5 heteroatoms. The van der Waals surface area contributed by atoms with Crippen LogP contribution in [0.4, 0.5) is 0 Å². The molecule has 0 aliphatic carbocycles. The third-order valence-corrected chi connectivity index (χ3v) is 4.67. The zero-order valence-corrected chi connectivity index (χ0v) is 17.5. The molecule has 1 N–H and O–H groups in total. The zero-order chi connectivity index (χ0) is 20.5. The van der Waals surface area contributed by atoms with Crippen LogP contribution in [0.15, 0.2) is 36.4 Å². The van der Waals surface area contributed by atoms with Gasteiger partial charge in [0.05, 0.1) is 14.2 Å². The number of aryl methyl sites for hydroxylation is 3. The average Bonchev–Trinajstić information content (AvgIpc) is 2.71. The standard InChI is InChI=1S/C23H31NO4/c1-6-19(28-21-14-16(2)9-10-17(21)3)23(25)24-13-7-8-18-11-12-20(26-4)22(15-18)27-5/h9-12,14-15,19H,6-8,13H2,1-5H3,(H,24,25). The van der Waals surface area contributed by atoms with Crippen LogP contribution in [0.5, 0.6) is 17.2 Å². The number of amides is 1. The van der Waals surface area contributed by atoms with Gasteiger partial charge in [0.25, 0.3) is 5.91 Å². The summed E-state index contributed by atoms with van der Waals surface area (Å²) in [6.45, 7) is 6.56. The fourth-order valence-corrected chi connectivity index (χ4v) is 2.96. The lowest BCUT2D eigenvalue weighted by atomic mass is 10.1. The molecule has 1 unspecified atom stereocenters. The quantitative estimate of drug-likeness (QED) is 0.622. The van der Waals surface area contributed by atoms with Crippen LogP contribution in [-0.2, 0) is 11.2 Å². The summed E-state index contributed by atoms with van der Waals surface area (Å²) in [7, 11) is 3.25. The predicted octanol–water partition coefficient (Wildman–Crippen LogP) is 4.23.